The molecule has 4 heteroatoms. The van der Waals surface area contributed by atoms with Gasteiger partial charge in [0, 0.05) is 18.3 Å². The predicted molar refractivity (Wildman–Crippen MR) is 116 cm³/mol. The first kappa shape index (κ1) is 23.9. The summed E-state index contributed by atoms with van der Waals surface area (Å²) in [5.41, 5.74) is 0.556. The van der Waals surface area contributed by atoms with Crippen molar-refractivity contribution < 1.29 is 14.7 Å². The van der Waals surface area contributed by atoms with Crippen LogP contribution in [0.25, 0.3) is 0 Å². The van der Waals surface area contributed by atoms with E-state index in [1.54, 1.807) is 18.3 Å². The van der Waals surface area contributed by atoms with Gasteiger partial charge in [-0.25, -0.2) is 0 Å². The quantitative estimate of drug-likeness (QED) is 0.258. The molecule has 1 aromatic rings. The van der Waals surface area contributed by atoms with E-state index in [9.17, 15) is 9.59 Å². The van der Waals surface area contributed by atoms with E-state index >= 15 is 0 Å². The smallest absolute Gasteiger partial charge is 0.309 e. The minimum atomic E-state index is -0.912. The van der Waals surface area contributed by atoms with Crippen LogP contribution in [0, 0.1) is 0 Å². The lowest BCUT2D eigenvalue weighted by molar-refractivity contribution is -0.136. The fourth-order valence-corrected chi connectivity index (χ4v) is 3.17. The summed E-state index contributed by atoms with van der Waals surface area (Å²) >= 11 is 0. The van der Waals surface area contributed by atoms with Gasteiger partial charge in [0.05, 0.1) is 6.42 Å². The number of nitrogens with zero attached hydrogens (tertiary/aromatic N) is 1. The van der Waals surface area contributed by atoms with Crippen molar-refractivity contribution in [3.05, 3.63) is 48.3 Å². The molecule has 0 aliphatic rings. The minimum absolute atomic E-state index is 0.00747. The number of aromatic nitrogens is 1. The molecule has 1 N–H and O–H groups in total. The van der Waals surface area contributed by atoms with E-state index in [4.69, 9.17) is 5.11 Å². The maximum atomic E-state index is 12.2. The number of carboxylic acid groups (broad SMARTS) is 1. The number of carboxylic acids is 1. The molecular formula is C24H37NO3. The van der Waals surface area contributed by atoms with E-state index in [0.29, 0.717) is 12.1 Å². The molecule has 156 valence electrons. The summed E-state index contributed by atoms with van der Waals surface area (Å²) in [6.07, 6.45) is 23.8. The molecule has 0 spiro atoms. The van der Waals surface area contributed by atoms with Gasteiger partial charge in [-0.05, 0) is 50.7 Å². The summed E-state index contributed by atoms with van der Waals surface area (Å²) in [5.74, 6) is -0.920. The molecule has 0 amide bonds. The number of hydrogen-bond donors (Lipinski definition) is 1. The highest BCUT2D eigenvalue weighted by Crippen LogP contribution is 2.11. The first-order valence-corrected chi connectivity index (χ1v) is 10.9. The van der Waals surface area contributed by atoms with Gasteiger partial charge in [-0.3, -0.25) is 14.2 Å². The molecule has 28 heavy (non-hydrogen) atoms. The minimum Gasteiger partial charge on any atom is -0.481 e. The number of unbranched alkanes of at least 4 members (excludes halogenated alkanes) is 8. The molecule has 4 nitrogen and oxygen atoms in total. The molecule has 0 aromatic carbocycles. The lowest BCUT2D eigenvalue weighted by Gasteiger charge is -2.06. The average Bonchev–Trinajstić information content (AvgIpc) is 3.12. The van der Waals surface area contributed by atoms with Gasteiger partial charge in [0.1, 0.15) is 0 Å². The number of carbonyl (C=O) groups excluding carboxylic acids is 1. The highest BCUT2D eigenvalue weighted by molar-refractivity contribution is 5.81. The van der Waals surface area contributed by atoms with E-state index in [0.717, 1.165) is 32.1 Å². The first-order valence-electron chi connectivity index (χ1n) is 10.9. The molecule has 0 atom stereocenters. The Morgan fingerprint density at radius 3 is 2.25 bits per heavy atom. The highest BCUT2D eigenvalue weighted by atomic mass is 16.4. The summed E-state index contributed by atoms with van der Waals surface area (Å²) < 4.78 is 1.48. The van der Waals surface area contributed by atoms with Crippen LogP contribution in [-0.2, 0) is 11.2 Å². The molecule has 0 bridgehead atoms. The second kappa shape index (κ2) is 15.9. The lowest BCUT2D eigenvalue weighted by atomic mass is 10.1. The molecule has 0 aliphatic heterocycles. The van der Waals surface area contributed by atoms with Crippen LogP contribution in [0.4, 0.5) is 0 Å². The van der Waals surface area contributed by atoms with Crippen molar-refractivity contribution in [3.63, 3.8) is 0 Å². The van der Waals surface area contributed by atoms with Crippen LogP contribution < -0.4 is 0 Å². The third kappa shape index (κ3) is 11.6. The number of rotatable bonds is 16. The van der Waals surface area contributed by atoms with Gasteiger partial charge >= 0.3 is 5.97 Å². The SMILES string of the molecule is CCCCCC=CCC=CCCCCCCCC(=O)n1cccc1CC(=O)O. The molecule has 1 rings (SSSR count). The Morgan fingerprint density at radius 2 is 1.57 bits per heavy atom. The topological polar surface area (TPSA) is 59.3 Å². The first-order chi connectivity index (χ1) is 13.6. The Morgan fingerprint density at radius 1 is 0.929 bits per heavy atom. The molecule has 0 unspecified atom stereocenters. The van der Waals surface area contributed by atoms with Crippen molar-refractivity contribution in [1.29, 1.82) is 0 Å². The van der Waals surface area contributed by atoms with Crippen LogP contribution in [0.5, 0.6) is 0 Å². The van der Waals surface area contributed by atoms with Gasteiger partial charge in [-0.1, -0.05) is 63.3 Å². The Labute approximate surface area is 170 Å². The third-order valence-electron chi connectivity index (χ3n) is 4.78. The van der Waals surface area contributed by atoms with Crippen molar-refractivity contribution in [3.8, 4) is 0 Å². The van der Waals surface area contributed by atoms with E-state index in [2.05, 4.69) is 31.2 Å². The zero-order valence-electron chi connectivity index (χ0n) is 17.4. The Balaban J connectivity index is 2.00. The fourth-order valence-electron chi connectivity index (χ4n) is 3.17. The Kier molecular flexibility index (Phi) is 13.6. The molecule has 1 heterocycles. The molecule has 0 saturated heterocycles. The maximum Gasteiger partial charge on any atom is 0.309 e. The summed E-state index contributed by atoms with van der Waals surface area (Å²) in [6, 6.07) is 3.42. The molecule has 0 saturated carbocycles. The van der Waals surface area contributed by atoms with Crippen LogP contribution in [-0.4, -0.2) is 21.6 Å². The standard InChI is InChI=1S/C24H37NO3/c1-2-3-4-5-6-7-8-9-10-11-12-13-14-15-16-19-23(26)25-20-17-18-22(25)21-24(27)28/h6-7,9-10,17-18,20H,2-5,8,11-16,19,21H2,1H3,(H,27,28). The monoisotopic (exact) mass is 387 g/mol. The van der Waals surface area contributed by atoms with Gasteiger partial charge in [0.15, 0.2) is 0 Å². The molecule has 1 aromatic heterocycles. The van der Waals surface area contributed by atoms with Crippen molar-refractivity contribution in [2.45, 2.75) is 90.4 Å². The second-order valence-electron chi connectivity index (χ2n) is 7.31. The zero-order valence-corrected chi connectivity index (χ0v) is 17.4. The van der Waals surface area contributed by atoms with Gasteiger partial charge < -0.3 is 5.11 Å². The van der Waals surface area contributed by atoms with E-state index in [1.165, 1.54) is 43.1 Å². The predicted octanol–water partition coefficient (Wildman–Crippen LogP) is 6.57. The van der Waals surface area contributed by atoms with Crippen LogP contribution in [0.2, 0.25) is 0 Å². The lowest BCUT2D eigenvalue weighted by Crippen LogP contribution is -2.15. The summed E-state index contributed by atoms with van der Waals surface area (Å²) in [7, 11) is 0. The van der Waals surface area contributed by atoms with Crippen LogP contribution in [0.15, 0.2) is 42.6 Å². The second-order valence-corrected chi connectivity index (χ2v) is 7.31. The van der Waals surface area contributed by atoms with Crippen molar-refractivity contribution in [2.24, 2.45) is 0 Å². The summed E-state index contributed by atoms with van der Waals surface area (Å²) in [5, 5.41) is 8.88. The average molecular weight is 388 g/mol. The Hall–Kier alpha value is -2.10. The number of carbonyl (C=O) groups is 2. The van der Waals surface area contributed by atoms with E-state index in [1.807, 2.05) is 0 Å². The fraction of sp³-hybridized carbons (Fsp3) is 0.583. The van der Waals surface area contributed by atoms with Crippen LogP contribution in [0.1, 0.15) is 94.5 Å². The number of aliphatic carboxylic acids is 1. The largest absolute Gasteiger partial charge is 0.481 e. The molecule has 0 fully saturated rings. The third-order valence-corrected chi connectivity index (χ3v) is 4.78. The summed E-state index contributed by atoms with van der Waals surface area (Å²) in [4.78, 5) is 23.0. The Bertz CT molecular complexity index is 613. The van der Waals surface area contributed by atoms with Crippen molar-refractivity contribution in [1.82, 2.24) is 4.57 Å². The van der Waals surface area contributed by atoms with Crippen LogP contribution >= 0.6 is 0 Å². The van der Waals surface area contributed by atoms with Gasteiger partial charge in [0.2, 0.25) is 5.91 Å². The molecule has 0 radical (unpaired) electrons. The zero-order chi connectivity index (χ0) is 20.5. The van der Waals surface area contributed by atoms with Gasteiger partial charge in [0.25, 0.3) is 0 Å². The molecular weight excluding hydrogens is 350 g/mol. The van der Waals surface area contributed by atoms with Crippen molar-refractivity contribution in [2.75, 3.05) is 0 Å². The number of hydrogen-bond acceptors (Lipinski definition) is 2. The van der Waals surface area contributed by atoms with Crippen LogP contribution in [0.3, 0.4) is 0 Å². The van der Waals surface area contributed by atoms with Crippen molar-refractivity contribution >= 4 is 11.9 Å². The van der Waals surface area contributed by atoms with E-state index in [-0.39, 0.29) is 12.3 Å². The summed E-state index contributed by atoms with van der Waals surface area (Å²) in [6.45, 7) is 2.23. The van der Waals surface area contributed by atoms with Gasteiger partial charge in [-0.2, -0.15) is 0 Å². The van der Waals surface area contributed by atoms with E-state index < -0.39 is 5.97 Å². The maximum absolute atomic E-state index is 12.2. The normalized spacial score (nSPS) is 11.6. The van der Waals surface area contributed by atoms with Gasteiger partial charge in [-0.15, -0.1) is 0 Å². The molecule has 0 aliphatic carbocycles. The highest BCUT2D eigenvalue weighted by Gasteiger charge is 2.11. The number of allylic oxidation sites excluding steroid dienone is 4.